The first-order chi connectivity index (χ1) is 11.3. The summed E-state index contributed by atoms with van der Waals surface area (Å²) in [7, 11) is 0. The minimum absolute atomic E-state index is 0.0315. The van der Waals surface area contributed by atoms with Gasteiger partial charge in [0.2, 0.25) is 0 Å². The van der Waals surface area contributed by atoms with Crippen LogP contribution in [0.3, 0.4) is 0 Å². The molecule has 23 heavy (non-hydrogen) atoms. The van der Waals surface area contributed by atoms with Gasteiger partial charge in [-0.1, -0.05) is 12.1 Å². The summed E-state index contributed by atoms with van der Waals surface area (Å²) in [6.45, 7) is 3.87. The molecule has 0 aliphatic carbocycles. The van der Waals surface area contributed by atoms with E-state index in [2.05, 4.69) is 27.6 Å². The fourth-order valence-corrected chi connectivity index (χ4v) is 2.96. The van der Waals surface area contributed by atoms with Crippen molar-refractivity contribution >= 4 is 6.03 Å². The van der Waals surface area contributed by atoms with Crippen molar-refractivity contribution in [3.8, 4) is 5.75 Å². The fourth-order valence-electron chi connectivity index (χ4n) is 2.96. The second-order valence-electron chi connectivity index (χ2n) is 5.59. The summed E-state index contributed by atoms with van der Waals surface area (Å²) in [6, 6.07) is 10.00. The van der Waals surface area contributed by atoms with Crippen LogP contribution < -0.4 is 10.1 Å². The molecule has 1 aromatic heterocycles. The van der Waals surface area contributed by atoms with E-state index < -0.39 is 0 Å². The van der Waals surface area contributed by atoms with Crippen LogP contribution in [-0.2, 0) is 6.54 Å². The Balaban J connectivity index is 1.63. The van der Waals surface area contributed by atoms with E-state index in [4.69, 9.17) is 4.74 Å². The zero-order valence-corrected chi connectivity index (χ0v) is 13.3. The molecule has 122 valence electrons. The van der Waals surface area contributed by atoms with Crippen LogP contribution in [0.4, 0.5) is 4.79 Å². The summed E-state index contributed by atoms with van der Waals surface area (Å²) in [5.74, 6) is 0.865. The lowest BCUT2D eigenvalue weighted by atomic mass is 10.0. The lowest BCUT2D eigenvalue weighted by Crippen LogP contribution is -2.39. The molecule has 2 amide bonds. The number of aromatic amines is 1. The van der Waals surface area contributed by atoms with Crippen molar-refractivity contribution in [1.29, 1.82) is 0 Å². The van der Waals surface area contributed by atoms with Gasteiger partial charge in [0, 0.05) is 12.7 Å². The predicted molar refractivity (Wildman–Crippen MR) is 87.1 cm³/mol. The van der Waals surface area contributed by atoms with Crippen LogP contribution in [0.25, 0.3) is 0 Å². The molecule has 1 saturated heterocycles. The third-order valence-corrected chi connectivity index (χ3v) is 4.08. The van der Waals surface area contributed by atoms with Crippen LogP contribution >= 0.6 is 0 Å². The van der Waals surface area contributed by atoms with Crippen molar-refractivity contribution in [2.45, 2.75) is 32.4 Å². The Hall–Kier alpha value is -2.50. The molecule has 0 radical (unpaired) electrons. The highest BCUT2D eigenvalue weighted by atomic mass is 16.5. The van der Waals surface area contributed by atoms with E-state index in [9.17, 15) is 4.79 Å². The summed E-state index contributed by atoms with van der Waals surface area (Å²) in [5.41, 5.74) is 2.05. The molecule has 0 bridgehead atoms. The summed E-state index contributed by atoms with van der Waals surface area (Å²) in [6.07, 6.45) is 3.70. The van der Waals surface area contributed by atoms with Gasteiger partial charge in [0.15, 0.2) is 0 Å². The lowest BCUT2D eigenvalue weighted by Gasteiger charge is -2.25. The SMILES string of the molecule is CCOc1ccc(C2CCCN2C(=O)NCc2ccn[nH]2)cc1. The van der Waals surface area contributed by atoms with E-state index in [-0.39, 0.29) is 12.1 Å². The molecular formula is C17H22N4O2. The van der Waals surface area contributed by atoms with Crippen LogP contribution in [0.2, 0.25) is 0 Å². The topological polar surface area (TPSA) is 70.2 Å². The normalized spacial score (nSPS) is 17.3. The van der Waals surface area contributed by atoms with Crippen LogP contribution in [0.5, 0.6) is 5.75 Å². The number of hydrogen-bond acceptors (Lipinski definition) is 3. The number of likely N-dealkylation sites (tertiary alicyclic amines) is 1. The molecule has 6 nitrogen and oxygen atoms in total. The molecule has 1 aliphatic rings. The maximum Gasteiger partial charge on any atom is 0.318 e. The third kappa shape index (κ3) is 3.64. The number of nitrogens with one attached hydrogen (secondary N) is 2. The predicted octanol–water partition coefficient (Wildman–Crippen LogP) is 2.86. The van der Waals surface area contributed by atoms with Gasteiger partial charge in [-0.3, -0.25) is 5.10 Å². The molecule has 6 heteroatoms. The number of benzene rings is 1. The van der Waals surface area contributed by atoms with E-state index in [0.29, 0.717) is 13.2 Å². The summed E-state index contributed by atoms with van der Waals surface area (Å²) in [4.78, 5) is 14.4. The van der Waals surface area contributed by atoms with Gasteiger partial charge in [-0.05, 0) is 43.5 Å². The number of carbonyl (C=O) groups is 1. The first-order valence-electron chi connectivity index (χ1n) is 8.03. The molecule has 1 atom stereocenters. The quantitative estimate of drug-likeness (QED) is 0.891. The highest BCUT2D eigenvalue weighted by Gasteiger charge is 2.29. The monoisotopic (exact) mass is 314 g/mol. The van der Waals surface area contributed by atoms with Crippen LogP contribution in [0.15, 0.2) is 36.5 Å². The van der Waals surface area contributed by atoms with E-state index >= 15 is 0 Å². The molecule has 3 rings (SSSR count). The second-order valence-corrected chi connectivity index (χ2v) is 5.59. The number of amides is 2. The van der Waals surface area contributed by atoms with Crippen molar-refractivity contribution in [3.05, 3.63) is 47.8 Å². The van der Waals surface area contributed by atoms with E-state index in [1.54, 1.807) is 6.20 Å². The number of urea groups is 1. The van der Waals surface area contributed by atoms with Crippen molar-refractivity contribution in [1.82, 2.24) is 20.4 Å². The van der Waals surface area contributed by atoms with Gasteiger partial charge < -0.3 is 15.0 Å². The Labute approximate surface area is 135 Å². The highest BCUT2D eigenvalue weighted by molar-refractivity contribution is 5.75. The first-order valence-corrected chi connectivity index (χ1v) is 8.03. The molecule has 1 aromatic carbocycles. The number of H-pyrrole nitrogens is 1. The summed E-state index contributed by atoms with van der Waals surface area (Å²) < 4.78 is 5.48. The average molecular weight is 314 g/mol. The fraction of sp³-hybridized carbons (Fsp3) is 0.412. The van der Waals surface area contributed by atoms with Crippen LogP contribution in [0, 0.1) is 0 Å². The molecule has 2 heterocycles. The smallest absolute Gasteiger partial charge is 0.318 e. The van der Waals surface area contributed by atoms with Gasteiger partial charge >= 0.3 is 6.03 Å². The Kier molecular flexibility index (Phi) is 4.80. The highest BCUT2D eigenvalue weighted by Crippen LogP contribution is 2.32. The second kappa shape index (κ2) is 7.17. The van der Waals surface area contributed by atoms with Crippen LogP contribution in [-0.4, -0.2) is 34.3 Å². The van der Waals surface area contributed by atoms with Crippen molar-refractivity contribution in [3.63, 3.8) is 0 Å². The molecule has 1 unspecified atom stereocenters. The van der Waals surface area contributed by atoms with Crippen LogP contribution in [0.1, 0.15) is 37.1 Å². The number of hydrogen-bond donors (Lipinski definition) is 2. The first kappa shape index (κ1) is 15.4. The van der Waals surface area contributed by atoms with Crippen molar-refractivity contribution < 1.29 is 9.53 Å². The molecule has 2 aromatic rings. The van der Waals surface area contributed by atoms with Gasteiger partial charge in [-0.25, -0.2) is 4.79 Å². The zero-order chi connectivity index (χ0) is 16.1. The minimum atomic E-state index is -0.0315. The zero-order valence-electron chi connectivity index (χ0n) is 13.3. The van der Waals surface area contributed by atoms with E-state index in [1.807, 2.05) is 30.0 Å². The van der Waals surface area contributed by atoms with Gasteiger partial charge in [-0.2, -0.15) is 5.10 Å². The molecule has 0 saturated carbocycles. The molecule has 1 fully saturated rings. The Morgan fingerprint density at radius 3 is 2.91 bits per heavy atom. The minimum Gasteiger partial charge on any atom is -0.494 e. The van der Waals surface area contributed by atoms with Crippen molar-refractivity contribution in [2.24, 2.45) is 0 Å². The Morgan fingerprint density at radius 2 is 2.22 bits per heavy atom. The summed E-state index contributed by atoms with van der Waals surface area (Å²) >= 11 is 0. The number of rotatable bonds is 5. The molecule has 0 spiro atoms. The van der Waals surface area contributed by atoms with Gasteiger partial charge in [0.1, 0.15) is 5.75 Å². The molecular weight excluding hydrogens is 292 g/mol. The number of ether oxygens (including phenoxy) is 1. The summed E-state index contributed by atoms with van der Waals surface area (Å²) in [5, 5.41) is 9.68. The number of aromatic nitrogens is 2. The standard InChI is InChI=1S/C17H22N4O2/c1-2-23-15-7-5-13(6-8-15)16-4-3-11-21(16)17(22)18-12-14-9-10-19-20-14/h5-10,16H,2-4,11-12H2,1H3,(H,18,22)(H,19,20). The maximum atomic E-state index is 12.4. The van der Waals surface area contributed by atoms with Gasteiger partial charge in [0.05, 0.1) is 24.9 Å². The molecule has 2 N–H and O–H groups in total. The Morgan fingerprint density at radius 1 is 1.39 bits per heavy atom. The average Bonchev–Trinajstić information content (AvgIpc) is 3.25. The van der Waals surface area contributed by atoms with Crippen molar-refractivity contribution in [2.75, 3.05) is 13.2 Å². The Bertz CT molecular complexity index is 625. The van der Waals surface area contributed by atoms with Gasteiger partial charge in [-0.15, -0.1) is 0 Å². The number of carbonyl (C=O) groups excluding carboxylic acids is 1. The number of nitrogens with zero attached hydrogens (tertiary/aromatic N) is 2. The largest absolute Gasteiger partial charge is 0.494 e. The van der Waals surface area contributed by atoms with Gasteiger partial charge in [0.25, 0.3) is 0 Å². The van der Waals surface area contributed by atoms with E-state index in [0.717, 1.165) is 36.4 Å². The van der Waals surface area contributed by atoms with E-state index in [1.165, 1.54) is 0 Å². The lowest BCUT2D eigenvalue weighted by molar-refractivity contribution is 0.192. The molecule has 1 aliphatic heterocycles. The third-order valence-electron chi connectivity index (χ3n) is 4.08. The maximum absolute atomic E-state index is 12.4.